The summed E-state index contributed by atoms with van der Waals surface area (Å²) in [5.41, 5.74) is 1.51. The van der Waals surface area contributed by atoms with Crippen LogP contribution in [0.5, 0.6) is 5.88 Å². The van der Waals surface area contributed by atoms with Gasteiger partial charge in [0.2, 0.25) is 11.8 Å². The van der Waals surface area contributed by atoms with Gasteiger partial charge in [-0.25, -0.2) is 4.98 Å². The highest BCUT2D eigenvalue weighted by atomic mass is 35.5. The number of nitrogens with one attached hydrogen (secondary N) is 1. The molecule has 0 unspecified atom stereocenters. The number of halogens is 1. The van der Waals surface area contributed by atoms with Gasteiger partial charge in [-0.15, -0.1) is 11.6 Å². The number of carbonyl (C=O) groups is 1. The van der Waals surface area contributed by atoms with Crippen LogP contribution in [0.1, 0.15) is 19.2 Å². The maximum absolute atomic E-state index is 11.7. The normalized spacial score (nSPS) is 10.8. The van der Waals surface area contributed by atoms with Crippen LogP contribution in [0.3, 0.4) is 0 Å². The molecule has 0 saturated carbocycles. The second kappa shape index (κ2) is 7.26. The van der Waals surface area contributed by atoms with Crippen LogP contribution in [0.15, 0.2) is 12.1 Å². The summed E-state index contributed by atoms with van der Waals surface area (Å²) in [6, 6.07) is 3.63. The number of methoxy groups -OCH3 is 1. The van der Waals surface area contributed by atoms with Gasteiger partial charge < -0.3 is 14.6 Å². The Kier molecular flexibility index (Phi) is 5.38. The van der Waals surface area contributed by atoms with Gasteiger partial charge >= 0.3 is 0 Å². The summed E-state index contributed by atoms with van der Waals surface area (Å²) in [5.74, 6) is 1.85. The molecular formula is C14H19ClN4O2. The highest BCUT2D eigenvalue weighted by Crippen LogP contribution is 2.19. The molecule has 2 heterocycles. The third kappa shape index (κ3) is 3.64. The van der Waals surface area contributed by atoms with E-state index in [4.69, 9.17) is 16.3 Å². The average Bonchev–Trinajstić information content (AvgIpc) is 2.82. The van der Waals surface area contributed by atoms with E-state index in [0.717, 1.165) is 17.0 Å². The number of carbonyl (C=O) groups excluding carboxylic acids is 1. The molecule has 0 aliphatic heterocycles. The van der Waals surface area contributed by atoms with Crippen LogP contribution in [0.4, 0.5) is 0 Å². The Morgan fingerprint density at radius 3 is 2.90 bits per heavy atom. The maximum atomic E-state index is 11.7. The lowest BCUT2D eigenvalue weighted by Gasteiger charge is -2.08. The fourth-order valence-electron chi connectivity index (χ4n) is 2.15. The number of nitrogens with zero attached hydrogens (tertiary/aromatic N) is 3. The molecule has 2 aromatic heterocycles. The Morgan fingerprint density at radius 1 is 1.43 bits per heavy atom. The van der Waals surface area contributed by atoms with Crippen molar-refractivity contribution in [1.29, 1.82) is 0 Å². The lowest BCUT2D eigenvalue weighted by Crippen LogP contribution is -2.24. The van der Waals surface area contributed by atoms with Gasteiger partial charge in [0.05, 0.1) is 7.11 Å². The zero-order valence-electron chi connectivity index (χ0n) is 12.2. The van der Waals surface area contributed by atoms with Gasteiger partial charge in [0.1, 0.15) is 11.3 Å². The van der Waals surface area contributed by atoms with Crippen molar-refractivity contribution >= 4 is 28.7 Å². The summed E-state index contributed by atoms with van der Waals surface area (Å²) >= 11 is 5.83. The minimum Gasteiger partial charge on any atom is -0.481 e. The highest BCUT2D eigenvalue weighted by Gasteiger charge is 2.13. The van der Waals surface area contributed by atoms with Gasteiger partial charge in [0.15, 0.2) is 5.65 Å². The van der Waals surface area contributed by atoms with Crippen molar-refractivity contribution in [2.75, 3.05) is 19.5 Å². The number of aryl methyl sites for hydroxylation is 2. The van der Waals surface area contributed by atoms with Crippen LogP contribution in [0, 0.1) is 0 Å². The van der Waals surface area contributed by atoms with Gasteiger partial charge in [-0.1, -0.05) is 0 Å². The molecular weight excluding hydrogens is 292 g/mol. The van der Waals surface area contributed by atoms with E-state index in [1.165, 1.54) is 0 Å². The Balaban J connectivity index is 2.32. The van der Waals surface area contributed by atoms with E-state index in [0.29, 0.717) is 37.7 Å². The molecule has 1 amide bonds. The van der Waals surface area contributed by atoms with Crippen molar-refractivity contribution in [1.82, 2.24) is 19.9 Å². The van der Waals surface area contributed by atoms with E-state index >= 15 is 0 Å². The lowest BCUT2D eigenvalue weighted by atomic mass is 10.3. The number of amides is 1. The first-order valence-corrected chi connectivity index (χ1v) is 7.45. The highest BCUT2D eigenvalue weighted by molar-refractivity contribution is 6.17. The molecule has 2 aromatic rings. The van der Waals surface area contributed by atoms with Crippen LogP contribution in [-0.2, 0) is 17.8 Å². The predicted molar refractivity (Wildman–Crippen MR) is 81.8 cm³/mol. The van der Waals surface area contributed by atoms with E-state index < -0.39 is 0 Å². The van der Waals surface area contributed by atoms with Crippen molar-refractivity contribution in [2.24, 2.45) is 0 Å². The smallest absolute Gasteiger partial charge is 0.221 e. The standard InChI is InChI=1S/C14H19ClN4O2/c1-3-16-12(20)7-9-19-11(6-8-15)17-10-4-5-13(21-2)18-14(10)19/h4-5H,3,6-9H2,1-2H3,(H,16,20). The Labute approximate surface area is 128 Å². The molecule has 0 saturated heterocycles. The molecule has 2 rings (SSSR count). The molecule has 0 atom stereocenters. The number of alkyl halides is 1. The van der Waals surface area contributed by atoms with Gasteiger partial charge in [-0.3, -0.25) is 4.79 Å². The summed E-state index contributed by atoms with van der Waals surface area (Å²) in [6.45, 7) is 3.05. The average molecular weight is 311 g/mol. The summed E-state index contributed by atoms with van der Waals surface area (Å²) in [7, 11) is 1.57. The van der Waals surface area contributed by atoms with E-state index in [2.05, 4.69) is 15.3 Å². The molecule has 21 heavy (non-hydrogen) atoms. The fraction of sp³-hybridized carbons (Fsp3) is 0.500. The first-order valence-electron chi connectivity index (χ1n) is 6.92. The quantitative estimate of drug-likeness (QED) is 0.791. The van der Waals surface area contributed by atoms with Crippen molar-refractivity contribution in [3.63, 3.8) is 0 Å². The minimum absolute atomic E-state index is 0.0130. The predicted octanol–water partition coefficient (Wildman–Crippen LogP) is 1.75. The van der Waals surface area contributed by atoms with E-state index in [1.54, 1.807) is 13.2 Å². The van der Waals surface area contributed by atoms with Crippen LogP contribution in [-0.4, -0.2) is 40.0 Å². The molecule has 7 heteroatoms. The van der Waals surface area contributed by atoms with E-state index in [-0.39, 0.29) is 5.91 Å². The molecule has 0 aliphatic carbocycles. The van der Waals surface area contributed by atoms with Crippen molar-refractivity contribution in [3.8, 4) is 5.88 Å². The molecule has 0 aliphatic rings. The minimum atomic E-state index is 0.0130. The third-order valence-corrected chi connectivity index (χ3v) is 3.30. The molecule has 0 bridgehead atoms. The number of rotatable bonds is 7. The van der Waals surface area contributed by atoms with Crippen molar-refractivity contribution in [2.45, 2.75) is 26.3 Å². The second-order valence-corrected chi connectivity index (χ2v) is 4.90. The Bertz CT molecular complexity index is 627. The summed E-state index contributed by atoms with van der Waals surface area (Å²) in [6.07, 6.45) is 1.02. The monoisotopic (exact) mass is 310 g/mol. The Hall–Kier alpha value is -1.82. The molecule has 0 radical (unpaired) electrons. The number of imidazole rings is 1. The molecule has 1 N–H and O–H groups in total. The number of ether oxygens (including phenoxy) is 1. The SMILES string of the molecule is CCNC(=O)CCn1c(CCCl)nc2ccc(OC)nc21. The van der Waals surface area contributed by atoms with Gasteiger partial charge in [-0.05, 0) is 13.0 Å². The molecule has 0 spiro atoms. The van der Waals surface area contributed by atoms with Gasteiger partial charge in [0.25, 0.3) is 0 Å². The number of hydrogen-bond acceptors (Lipinski definition) is 4. The molecule has 0 fully saturated rings. The Morgan fingerprint density at radius 2 is 2.24 bits per heavy atom. The first-order chi connectivity index (χ1) is 10.2. The zero-order chi connectivity index (χ0) is 15.2. The second-order valence-electron chi connectivity index (χ2n) is 4.52. The number of pyridine rings is 1. The zero-order valence-corrected chi connectivity index (χ0v) is 13.0. The topological polar surface area (TPSA) is 69.0 Å². The van der Waals surface area contributed by atoms with E-state index in [1.807, 2.05) is 17.6 Å². The lowest BCUT2D eigenvalue weighted by molar-refractivity contribution is -0.121. The maximum Gasteiger partial charge on any atom is 0.221 e. The summed E-state index contributed by atoms with van der Waals surface area (Å²) in [4.78, 5) is 20.6. The van der Waals surface area contributed by atoms with Crippen LogP contribution in [0.25, 0.3) is 11.2 Å². The summed E-state index contributed by atoms with van der Waals surface area (Å²) in [5, 5.41) is 2.79. The number of aromatic nitrogens is 3. The van der Waals surface area contributed by atoms with Gasteiger partial charge in [-0.2, -0.15) is 4.98 Å². The molecule has 6 nitrogen and oxygen atoms in total. The van der Waals surface area contributed by atoms with Gasteiger partial charge in [0, 0.05) is 37.9 Å². The third-order valence-electron chi connectivity index (χ3n) is 3.11. The largest absolute Gasteiger partial charge is 0.481 e. The van der Waals surface area contributed by atoms with Crippen molar-refractivity contribution < 1.29 is 9.53 Å². The van der Waals surface area contributed by atoms with E-state index in [9.17, 15) is 4.79 Å². The van der Waals surface area contributed by atoms with Crippen LogP contribution >= 0.6 is 11.6 Å². The molecule has 114 valence electrons. The number of fused-ring (bicyclic) bond motifs is 1. The van der Waals surface area contributed by atoms with Crippen LogP contribution in [0.2, 0.25) is 0 Å². The fourth-order valence-corrected chi connectivity index (χ4v) is 2.32. The summed E-state index contributed by atoms with van der Waals surface area (Å²) < 4.78 is 7.09. The molecule has 0 aromatic carbocycles. The van der Waals surface area contributed by atoms with Crippen molar-refractivity contribution in [3.05, 3.63) is 18.0 Å². The first kappa shape index (κ1) is 15.6. The number of hydrogen-bond donors (Lipinski definition) is 1. The van der Waals surface area contributed by atoms with Crippen LogP contribution < -0.4 is 10.1 Å².